The van der Waals surface area contributed by atoms with Crippen molar-refractivity contribution < 1.29 is 27.2 Å². The van der Waals surface area contributed by atoms with E-state index in [4.69, 9.17) is 9.57 Å². The number of ether oxygens (including phenoxy) is 1. The van der Waals surface area contributed by atoms with Crippen molar-refractivity contribution in [2.45, 2.75) is 24.3 Å². The van der Waals surface area contributed by atoms with Crippen LogP contribution in [-0.2, 0) is 24.4 Å². The number of hydrogen-bond donors (Lipinski definition) is 1. The zero-order chi connectivity index (χ0) is 24.7. The van der Waals surface area contributed by atoms with Crippen molar-refractivity contribution in [2.75, 3.05) is 52.3 Å². The van der Waals surface area contributed by atoms with Crippen LogP contribution in [0.1, 0.15) is 18.9 Å². The molecule has 0 aliphatic carbocycles. The summed E-state index contributed by atoms with van der Waals surface area (Å²) in [7, 11) is 0.0398. The number of anilines is 1. The van der Waals surface area contributed by atoms with Crippen LogP contribution in [0.2, 0.25) is 0 Å². The summed E-state index contributed by atoms with van der Waals surface area (Å²) in [5.74, 6) is -0.662. The molecule has 186 valence electrons. The van der Waals surface area contributed by atoms with Gasteiger partial charge in [0.15, 0.2) is 22.1 Å². The highest BCUT2D eigenvalue weighted by molar-refractivity contribution is 7.89. The molecule has 1 saturated heterocycles. The van der Waals surface area contributed by atoms with Crippen molar-refractivity contribution in [3.8, 4) is 0 Å². The van der Waals surface area contributed by atoms with Gasteiger partial charge in [0.1, 0.15) is 0 Å². The lowest BCUT2D eigenvalue weighted by molar-refractivity contribution is -0.110. The molecular formula is C21H28FN5O5S2. The molecule has 1 aliphatic heterocycles. The molecule has 1 N–H and O–H groups in total. The summed E-state index contributed by atoms with van der Waals surface area (Å²) < 4.78 is 46.0. The number of hydrogen-bond acceptors (Lipinski definition) is 9. The summed E-state index contributed by atoms with van der Waals surface area (Å²) in [6.07, 6.45) is 1.33. The molecule has 1 aromatic carbocycles. The lowest BCUT2D eigenvalue weighted by atomic mass is 10.1. The van der Waals surface area contributed by atoms with Gasteiger partial charge in [0.25, 0.3) is 5.91 Å². The molecule has 1 aromatic heterocycles. The van der Waals surface area contributed by atoms with Crippen LogP contribution < -0.4 is 5.32 Å². The highest BCUT2D eigenvalue weighted by Crippen LogP contribution is 2.20. The first-order valence-corrected chi connectivity index (χ1v) is 13.0. The van der Waals surface area contributed by atoms with E-state index in [1.54, 1.807) is 6.92 Å². The van der Waals surface area contributed by atoms with Gasteiger partial charge in [-0.1, -0.05) is 35.5 Å². The minimum absolute atomic E-state index is 0.0677. The molecule has 0 radical (unpaired) electrons. The lowest BCUT2D eigenvalue weighted by Crippen LogP contribution is -2.36. The largest absolute Gasteiger partial charge is 0.389 e. The molecule has 34 heavy (non-hydrogen) atoms. The van der Waals surface area contributed by atoms with Crippen LogP contribution in [0, 0.1) is 5.13 Å². The Kier molecular flexibility index (Phi) is 9.08. The number of carbonyl (C=O) groups is 1. The maximum atomic E-state index is 13.3. The summed E-state index contributed by atoms with van der Waals surface area (Å²) in [6.45, 7) is 3.93. The van der Waals surface area contributed by atoms with E-state index in [0.29, 0.717) is 56.2 Å². The highest BCUT2D eigenvalue weighted by atomic mass is 32.2. The van der Waals surface area contributed by atoms with Gasteiger partial charge in [0.2, 0.25) is 10.0 Å². The minimum Gasteiger partial charge on any atom is -0.389 e. The molecule has 0 bridgehead atoms. The number of nitrogens with one attached hydrogen (secondary N) is 1. The van der Waals surface area contributed by atoms with Gasteiger partial charge in [-0.05, 0) is 26.2 Å². The van der Waals surface area contributed by atoms with Crippen molar-refractivity contribution in [2.24, 2.45) is 5.16 Å². The summed E-state index contributed by atoms with van der Waals surface area (Å²) >= 11 is 0.676. The van der Waals surface area contributed by atoms with Gasteiger partial charge in [0, 0.05) is 31.6 Å². The quantitative estimate of drug-likeness (QED) is 0.361. The van der Waals surface area contributed by atoms with Gasteiger partial charge in [0.05, 0.1) is 24.3 Å². The minimum atomic E-state index is -3.71. The van der Waals surface area contributed by atoms with E-state index in [1.165, 1.54) is 28.6 Å². The first-order valence-electron chi connectivity index (χ1n) is 10.7. The van der Waals surface area contributed by atoms with Gasteiger partial charge in [-0.25, -0.2) is 13.4 Å². The monoisotopic (exact) mass is 513 g/mol. The first kappa shape index (κ1) is 26.2. The van der Waals surface area contributed by atoms with Gasteiger partial charge in [-0.15, -0.1) is 0 Å². The Labute approximate surface area is 202 Å². The first-order chi connectivity index (χ1) is 16.2. The zero-order valence-corrected chi connectivity index (χ0v) is 20.9. The number of carbonyl (C=O) groups excluding carboxylic acids is 1. The summed E-state index contributed by atoms with van der Waals surface area (Å²) in [5, 5.41) is 6.03. The number of likely N-dealkylation sites (N-methyl/N-ethyl adjacent to an activating group) is 2. The Bertz CT molecular complexity index is 1100. The number of benzene rings is 1. The van der Waals surface area contributed by atoms with Gasteiger partial charge in [-0.2, -0.15) is 8.70 Å². The van der Waals surface area contributed by atoms with Crippen LogP contribution >= 0.6 is 11.3 Å². The van der Waals surface area contributed by atoms with Crippen molar-refractivity contribution in [3.05, 3.63) is 41.2 Å². The average Bonchev–Trinajstić information content (AvgIpc) is 3.46. The number of rotatable bonds is 11. The topological polar surface area (TPSA) is 113 Å². The average molecular weight is 514 g/mol. The Hall–Kier alpha value is -2.45. The molecule has 13 heteroatoms. The predicted molar refractivity (Wildman–Crippen MR) is 127 cm³/mol. The third-order valence-electron chi connectivity index (χ3n) is 5.01. The fraction of sp³-hybridized carbons (Fsp3) is 0.476. The van der Waals surface area contributed by atoms with E-state index in [1.807, 2.05) is 19.0 Å². The number of sulfonamides is 1. The number of nitrogens with zero attached hydrogens (tertiary/aromatic N) is 4. The molecule has 1 amide bonds. The molecule has 1 atom stereocenters. The molecular weight excluding hydrogens is 485 g/mol. The van der Waals surface area contributed by atoms with Crippen LogP contribution in [0.4, 0.5) is 9.52 Å². The third-order valence-corrected chi connectivity index (χ3v) is 7.70. The number of oxime groups is 1. The van der Waals surface area contributed by atoms with Crippen molar-refractivity contribution >= 4 is 38.1 Å². The molecule has 10 nitrogen and oxygen atoms in total. The third kappa shape index (κ3) is 6.79. The van der Waals surface area contributed by atoms with E-state index in [0.717, 1.165) is 6.20 Å². The van der Waals surface area contributed by atoms with Gasteiger partial charge < -0.3 is 14.5 Å². The Morgan fingerprint density at radius 2 is 2.06 bits per heavy atom. The molecule has 0 unspecified atom stereocenters. The SMILES string of the molecule is CCN(CCN(C)C)S(=O)(=O)c1ccc(/C(=N\O[C@@H]2CCOC2)C(=O)Nc2ncc(F)s2)cc1. The summed E-state index contributed by atoms with van der Waals surface area (Å²) in [5.41, 5.74) is 0.246. The fourth-order valence-electron chi connectivity index (χ4n) is 3.11. The van der Waals surface area contributed by atoms with Crippen LogP contribution in [0.15, 0.2) is 40.5 Å². The van der Waals surface area contributed by atoms with Crippen molar-refractivity contribution in [3.63, 3.8) is 0 Å². The second-order valence-electron chi connectivity index (χ2n) is 7.78. The molecule has 0 spiro atoms. The predicted octanol–water partition coefficient (Wildman–Crippen LogP) is 2.00. The van der Waals surface area contributed by atoms with Crippen LogP contribution in [0.5, 0.6) is 0 Å². The molecule has 2 aromatic rings. The molecule has 0 saturated carbocycles. The Morgan fingerprint density at radius 3 is 2.62 bits per heavy atom. The number of thiazole rings is 1. The van der Waals surface area contributed by atoms with Crippen molar-refractivity contribution in [1.82, 2.24) is 14.2 Å². The van der Waals surface area contributed by atoms with E-state index in [-0.39, 0.29) is 21.8 Å². The molecule has 3 rings (SSSR count). The smallest absolute Gasteiger partial charge is 0.280 e. The number of aromatic nitrogens is 1. The molecule has 2 heterocycles. The Balaban J connectivity index is 1.84. The number of amides is 1. The molecule has 1 aliphatic rings. The van der Waals surface area contributed by atoms with Gasteiger partial charge in [-0.3, -0.25) is 10.1 Å². The van der Waals surface area contributed by atoms with E-state index in [2.05, 4.69) is 15.5 Å². The lowest BCUT2D eigenvalue weighted by Gasteiger charge is -2.22. The summed E-state index contributed by atoms with van der Waals surface area (Å²) in [4.78, 5) is 24.1. The van der Waals surface area contributed by atoms with Crippen LogP contribution in [-0.4, -0.2) is 87.3 Å². The summed E-state index contributed by atoms with van der Waals surface area (Å²) in [6, 6.07) is 5.82. The number of halogens is 1. The highest BCUT2D eigenvalue weighted by Gasteiger charge is 2.25. The maximum absolute atomic E-state index is 13.3. The van der Waals surface area contributed by atoms with E-state index < -0.39 is 21.1 Å². The van der Waals surface area contributed by atoms with Crippen molar-refractivity contribution in [1.29, 1.82) is 0 Å². The van der Waals surface area contributed by atoms with Gasteiger partial charge >= 0.3 is 0 Å². The maximum Gasteiger partial charge on any atom is 0.280 e. The second kappa shape index (κ2) is 11.8. The van der Waals surface area contributed by atoms with E-state index >= 15 is 0 Å². The zero-order valence-electron chi connectivity index (χ0n) is 19.2. The van der Waals surface area contributed by atoms with Crippen LogP contribution in [0.25, 0.3) is 0 Å². The Morgan fingerprint density at radius 1 is 1.32 bits per heavy atom. The van der Waals surface area contributed by atoms with E-state index in [9.17, 15) is 17.6 Å². The second-order valence-corrected chi connectivity index (χ2v) is 10.7. The fourth-order valence-corrected chi connectivity index (χ4v) is 5.09. The van der Waals surface area contributed by atoms with Crippen LogP contribution in [0.3, 0.4) is 0 Å². The molecule has 1 fully saturated rings. The standard InChI is InChI=1S/C21H28FN5O5S2/c1-4-27(11-10-26(2)3)34(29,30)17-7-5-15(6-8-17)19(25-32-16-9-12-31-14-16)20(28)24-21-23-13-18(22)33-21/h5-8,13,16H,4,9-12,14H2,1-3H3,(H,23,24,28)/b25-19+/t16-/m1/s1. The normalized spacial score (nSPS) is 16.9.